The minimum Gasteiger partial charge on any atom is -0.494 e. The van der Waals surface area contributed by atoms with Crippen molar-refractivity contribution in [3.05, 3.63) is 283 Å². The van der Waals surface area contributed by atoms with Gasteiger partial charge in [0.2, 0.25) is 0 Å². The molecule has 0 radical (unpaired) electrons. The van der Waals surface area contributed by atoms with Gasteiger partial charge < -0.3 is 14.2 Å². The summed E-state index contributed by atoms with van der Waals surface area (Å²) < 4.78 is 8.56. The zero-order valence-electron chi connectivity index (χ0n) is 45.1. The van der Waals surface area contributed by atoms with Crippen LogP contribution in [0.4, 0.5) is 17.1 Å². The summed E-state index contributed by atoms with van der Waals surface area (Å²) in [5, 5.41) is 2.45. The molecule has 1 atom stereocenters. The van der Waals surface area contributed by atoms with Gasteiger partial charge in [-0.1, -0.05) is 217 Å². The Morgan fingerprint density at radius 2 is 0.987 bits per heavy atom. The van der Waals surface area contributed by atoms with Crippen molar-refractivity contribution in [1.29, 1.82) is 0 Å². The van der Waals surface area contributed by atoms with Crippen molar-refractivity contribution in [3.8, 4) is 44.8 Å². The molecule has 1 aliphatic rings. The van der Waals surface area contributed by atoms with Crippen molar-refractivity contribution in [1.82, 2.24) is 4.57 Å². The smallest absolute Gasteiger partial charge is 0.119 e. The number of benzene rings is 10. The normalized spacial score (nSPS) is 13.8. The van der Waals surface area contributed by atoms with E-state index < -0.39 is 0 Å². The first-order valence-corrected chi connectivity index (χ1v) is 27.7. The van der Waals surface area contributed by atoms with Crippen LogP contribution in [-0.4, -0.2) is 11.2 Å². The molecule has 1 heterocycles. The van der Waals surface area contributed by atoms with Gasteiger partial charge in [-0.15, -0.1) is 0 Å². The van der Waals surface area contributed by atoms with Crippen molar-refractivity contribution in [2.75, 3.05) is 11.5 Å². The Bertz CT molecular complexity index is 3920. The maximum absolute atomic E-state index is 6.17. The summed E-state index contributed by atoms with van der Waals surface area (Å²) in [4.78, 5) is 2.44. The van der Waals surface area contributed by atoms with Crippen LogP contribution < -0.4 is 9.64 Å². The molecular weight excluding hydrogens is 945 g/mol. The van der Waals surface area contributed by atoms with Crippen molar-refractivity contribution < 1.29 is 4.74 Å². The standard InChI is InChI=1S/C75H66N2O/c1-6-53-26-30-55(31-27-53)57-34-46-72-68(50-57)69-51-58(35-47-73(69)77(72)62-22-14-11-15-23-62)56-32-40-63(41-33-56)76(61-20-12-10-13-21-61)64-42-45-67-66-24-16-17-25-70(66)75(71(67)52-64,60-38-36-59(37-39-60)74(3,4)5)48-18-8-9-19-49-78-65-43-28-54(7-2)29-44-65/h6-7,10-17,20-47,50-52H,1-2,8-9,18-19,48-49H2,3-5H3. The van der Waals surface area contributed by atoms with Gasteiger partial charge in [-0.05, 0) is 170 Å². The summed E-state index contributed by atoms with van der Waals surface area (Å²) in [7, 11) is 0. The quantitative estimate of drug-likeness (QED) is 0.0846. The largest absolute Gasteiger partial charge is 0.494 e. The average Bonchev–Trinajstić information content (AvgIpc) is 4.16. The van der Waals surface area contributed by atoms with E-state index in [-0.39, 0.29) is 10.8 Å². The number of hydrogen-bond donors (Lipinski definition) is 0. The van der Waals surface area contributed by atoms with Gasteiger partial charge in [-0.25, -0.2) is 0 Å². The number of hydrogen-bond acceptors (Lipinski definition) is 2. The van der Waals surface area contributed by atoms with Gasteiger partial charge in [0.15, 0.2) is 0 Å². The third kappa shape index (κ3) is 9.45. The van der Waals surface area contributed by atoms with Crippen LogP contribution in [0.25, 0.3) is 73.0 Å². The third-order valence-corrected chi connectivity index (χ3v) is 16.2. The molecule has 11 aromatic rings. The lowest BCUT2D eigenvalue weighted by Crippen LogP contribution is -2.27. The Labute approximate surface area is 461 Å². The summed E-state index contributed by atoms with van der Waals surface area (Å²) in [6, 6.07) is 87.5. The molecule has 10 aromatic carbocycles. The third-order valence-electron chi connectivity index (χ3n) is 16.2. The summed E-state index contributed by atoms with van der Waals surface area (Å²) in [6.45, 7) is 15.5. The van der Waals surface area contributed by atoms with E-state index in [0.29, 0.717) is 6.61 Å². The molecule has 0 saturated heterocycles. The van der Waals surface area contributed by atoms with Crippen LogP contribution in [0.5, 0.6) is 5.75 Å². The maximum atomic E-state index is 6.17. The van der Waals surface area contributed by atoms with Gasteiger partial charge >= 0.3 is 0 Å². The monoisotopic (exact) mass is 1010 g/mol. The van der Waals surface area contributed by atoms with Crippen LogP contribution >= 0.6 is 0 Å². The molecule has 12 rings (SSSR count). The minimum absolute atomic E-state index is 0.0464. The summed E-state index contributed by atoms with van der Waals surface area (Å²) in [6.07, 6.45) is 9.08. The number of ether oxygens (including phenoxy) is 1. The molecule has 3 heteroatoms. The van der Waals surface area contributed by atoms with E-state index in [1.54, 1.807) is 0 Å². The Balaban J connectivity index is 0.905. The minimum atomic E-state index is -0.340. The molecule has 0 saturated carbocycles. The van der Waals surface area contributed by atoms with Crippen molar-refractivity contribution >= 4 is 51.0 Å². The van der Waals surface area contributed by atoms with E-state index in [1.165, 1.54) is 77.4 Å². The number of rotatable bonds is 17. The van der Waals surface area contributed by atoms with Crippen molar-refractivity contribution in [3.63, 3.8) is 0 Å². The van der Waals surface area contributed by atoms with Gasteiger partial charge in [-0.2, -0.15) is 0 Å². The number of fused-ring (bicyclic) bond motifs is 6. The number of unbranched alkanes of at least 4 members (excludes halogenated alkanes) is 3. The Morgan fingerprint density at radius 3 is 1.62 bits per heavy atom. The Kier molecular flexibility index (Phi) is 13.6. The number of nitrogens with zero attached hydrogens (tertiary/aromatic N) is 2. The molecule has 1 aromatic heterocycles. The number of anilines is 3. The van der Waals surface area contributed by atoms with E-state index in [4.69, 9.17) is 4.74 Å². The predicted molar refractivity (Wildman–Crippen MR) is 332 cm³/mol. The fraction of sp³-hybridized carbons (Fsp3) is 0.147. The van der Waals surface area contributed by atoms with Gasteiger partial charge in [0.25, 0.3) is 0 Å². The second kappa shape index (κ2) is 21.2. The molecule has 0 amide bonds. The molecule has 0 N–H and O–H groups in total. The molecule has 0 bridgehead atoms. The maximum Gasteiger partial charge on any atom is 0.119 e. The van der Waals surface area contributed by atoms with Gasteiger partial charge in [0, 0.05) is 38.9 Å². The van der Waals surface area contributed by atoms with Gasteiger partial charge in [0.05, 0.1) is 17.6 Å². The van der Waals surface area contributed by atoms with E-state index in [1.807, 2.05) is 24.3 Å². The highest BCUT2D eigenvalue weighted by atomic mass is 16.5. The highest BCUT2D eigenvalue weighted by molar-refractivity contribution is 6.11. The van der Waals surface area contributed by atoms with Crippen LogP contribution in [0, 0.1) is 0 Å². The number of aromatic nitrogens is 1. The second-order valence-electron chi connectivity index (χ2n) is 22.0. The van der Waals surface area contributed by atoms with Crippen molar-refractivity contribution in [2.45, 2.75) is 63.7 Å². The lowest BCUT2D eigenvalue weighted by atomic mass is 9.68. The zero-order chi connectivity index (χ0) is 53.2. The van der Waals surface area contributed by atoms with Crippen LogP contribution in [0.15, 0.2) is 250 Å². The second-order valence-corrected chi connectivity index (χ2v) is 22.0. The molecule has 0 fully saturated rings. The summed E-state index contributed by atoms with van der Waals surface area (Å²) in [5.74, 6) is 0.913. The van der Waals surface area contributed by atoms with E-state index in [0.717, 1.165) is 71.7 Å². The zero-order valence-corrected chi connectivity index (χ0v) is 45.1. The first kappa shape index (κ1) is 49.9. The summed E-state index contributed by atoms with van der Waals surface area (Å²) in [5.41, 5.74) is 21.6. The van der Waals surface area contributed by atoms with E-state index >= 15 is 0 Å². The first-order chi connectivity index (χ1) is 38.2. The molecule has 3 nitrogen and oxygen atoms in total. The van der Waals surface area contributed by atoms with E-state index in [9.17, 15) is 0 Å². The average molecular weight is 1010 g/mol. The lowest BCUT2D eigenvalue weighted by Gasteiger charge is -2.35. The van der Waals surface area contributed by atoms with Gasteiger partial charge in [-0.3, -0.25) is 0 Å². The molecular formula is C75H66N2O. The number of para-hydroxylation sites is 2. The molecule has 1 unspecified atom stereocenters. The Hall–Kier alpha value is -8.92. The van der Waals surface area contributed by atoms with Crippen LogP contribution in [0.2, 0.25) is 0 Å². The van der Waals surface area contributed by atoms with Crippen LogP contribution in [0.3, 0.4) is 0 Å². The van der Waals surface area contributed by atoms with Crippen LogP contribution in [0.1, 0.15) is 86.3 Å². The lowest BCUT2D eigenvalue weighted by molar-refractivity contribution is 0.303. The van der Waals surface area contributed by atoms with Crippen LogP contribution in [-0.2, 0) is 10.8 Å². The summed E-state index contributed by atoms with van der Waals surface area (Å²) >= 11 is 0. The molecule has 0 aliphatic heterocycles. The molecule has 1 aliphatic carbocycles. The topological polar surface area (TPSA) is 17.4 Å². The fourth-order valence-electron chi connectivity index (χ4n) is 12.1. The molecule has 382 valence electrons. The fourth-order valence-corrected chi connectivity index (χ4v) is 12.1. The Morgan fingerprint density at radius 1 is 0.462 bits per heavy atom. The highest BCUT2D eigenvalue weighted by Crippen LogP contribution is 2.57. The molecule has 0 spiro atoms. The van der Waals surface area contributed by atoms with E-state index in [2.05, 4.69) is 268 Å². The highest BCUT2D eigenvalue weighted by Gasteiger charge is 2.44. The molecule has 78 heavy (non-hydrogen) atoms. The predicted octanol–water partition coefficient (Wildman–Crippen LogP) is 20.5. The van der Waals surface area contributed by atoms with Gasteiger partial charge in [0.1, 0.15) is 5.75 Å². The SMILES string of the molecule is C=Cc1ccc(OCCCCCCC2(c3ccc(C(C)(C)C)cc3)c3ccccc3-c3ccc(N(c4ccccc4)c4ccc(-c5ccc6c(c5)c5cc(-c7ccc(C=C)cc7)ccc5n6-c5ccccc5)cc4)cc32)cc1. The first-order valence-electron chi connectivity index (χ1n) is 27.7. The van der Waals surface area contributed by atoms with Crippen molar-refractivity contribution in [2.24, 2.45) is 0 Å².